The van der Waals surface area contributed by atoms with Crippen molar-refractivity contribution >= 4 is 17.2 Å². The minimum atomic E-state index is -0.906. The van der Waals surface area contributed by atoms with Gasteiger partial charge in [-0.2, -0.15) is 0 Å². The Morgan fingerprint density at radius 3 is 2.69 bits per heavy atom. The lowest BCUT2D eigenvalue weighted by Crippen LogP contribution is -2.35. The molecule has 1 saturated heterocycles. The molecule has 6 rings (SSSR count). The Bertz CT molecular complexity index is 1550. The fourth-order valence-corrected chi connectivity index (χ4v) is 6.20. The Kier molecular flexibility index (Phi) is 6.68. The van der Waals surface area contributed by atoms with Gasteiger partial charge in [0.1, 0.15) is 10.7 Å². The Morgan fingerprint density at radius 2 is 1.97 bits per heavy atom. The molecule has 10 heteroatoms. The van der Waals surface area contributed by atoms with E-state index in [-0.39, 0.29) is 29.3 Å². The van der Waals surface area contributed by atoms with E-state index in [0.29, 0.717) is 36.7 Å². The quantitative estimate of drug-likeness (QED) is 0.348. The van der Waals surface area contributed by atoms with Crippen LogP contribution in [0.2, 0.25) is 0 Å². The number of rotatable bonds is 8. The average Bonchev–Trinajstić information content (AvgIpc) is 3.29. The van der Waals surface area contributed by atoms with E-state index in [9.17, 15) is 9.59 Å². The smallest absolute Gasteiger partial charge is 0.264 e. The predicted molar refractivity (Wildman–Crippen MR) is 148 cm³/mol. The van der Waals surface area contributed by atoms with Crippen LogP contribution in [-0.4, -0.2) is 37.1 Å². The zero-order valence-corrected chi connectivity index (χ0v) is 23.0. The van der Waals surface area contributed by atoms with Gasteiger partial charge in [-0.15, -0.1) is 21.5 Å². The number of nitrogens with two attached hydrogens (primary N) is 1. The number of likely N-dealkylation sites (tertiary alicyclic amines) is 1. The van der Waals surface area contributed by atoms with Crippen LogP contribution in [0.1, 0.15) is 71.2 Å². The molecule has 2 N–H and O–H groups in total. The maximum Gasteiger partial charge on any atom is 0.264 e. The molecule has 2 unspecified atom stereocenters. The van der Waals surface area contributed by atoms with E-state index in [0.717, 1.165) is 41.9 Å². The van der Waals surface area contributed by atoms with Gasteiger partial charge in [0.25, 0.3) is 17.4 Å². The summed E-state index contributed by atoms with van der Waals surface area (Å²) in [5.41, 5.74) is 8.24. The van der Waals surface area contributed by atoms with E-state index in [1.807, 2.05) is 54.5 Å². The average molecular weight is 545 g/mol. The lowest BCUT2D eigenvalue weighted by molar-refractivity contribution is 0.0735. The van der Waals surface area contributed by atoms with Crippen LogP contribution < -0.4 is 11.3 Å². The molecule has 39 heavy (non-hydrogen) atoms. The summed E-state index contributed by atoms with van der Waals surface area (Å²) in [6, 6.07) is 13.0. The zero-order valence-electron chi connectivity index (χ0n) is 22.2. The van der Waals surface area contributed by atoms with Crippen LogP contribution in [0.5, 0.6) is 0 Å². The van der Waals surface area contributed by atoms with Crippen molar-refractivity contribution in [2.45, 2.75) is 64.1 Å². The van der Waals surface area contributed by atoms with E-state index >= 15 is 0 Å². The second kappa shape index (κ2) is 10.2. The van der Waals surface area contributed by atoms with Gasteiger partial charge in [0, 0.05) is 35.8 Å². The summed E-state index contributed by atoms with van der Waals surface area (Å²) in [6.45, 7) is 4.98. The van der Waals surface area contributed by atoms with Crippen molar-refractivity contribution in [2.75, 3.05) is 6.54 Å². The van der Waals surface area contributed by atoms with Gasteiger partial charge < -0.3 is 19.6 Å². The highest BCUT2D eigenvalue weighted by molar-refractivity contribution is 7.09. The molecule has 2 aliphatic rings. The van der Waals surface area contributed by atoms with Crippen molar-refractivity contribution < 1.29 is 9.21 Å². The summed E-state index contributed by atoms with van der Waals surface area (Å²) in [5.74, 6) is 0.715. The van der Waals surface area contributed by atoms with Gasteiger partial charge in [-0.05, 0) is 63.5 Å². The minimum Gasteiger partial charge on any atom is -0.417 e. The first kappa shape index (κ1) is 25.6. The van der Waals surface area contributed by atoms with Crippen molar-refractivity contribution in [1.29, 1.82) is 0 Å². The van der Waals surface area contributed by atoms with E-state index < -0.39 is 5.54 Å². The number of aryl methyl sites for hydroxylation is 1. The third-order valence-corrected chi connectivity index (χ3v) is 8.56. The lowest BCUT2D eigenvalue weighted by atomic mass is 9.94. The second-order valence-corrected chi connectivity index (χ2v) is 11.9. The van der Waals surface area contributed by atoms with Gasteiger partial charge in [0.15, 0.2) is 0 Å². The number of hydrogen-bond donors (Lipinski definition) is 1. The molecule has 4 heterocycles. The number of carbonyl (C=O) groups is 1. The van der Waals surface area contributed by atoms with E-state index in [1.165, 1.54) is 6.07 Å². The Balaban J connectivity index is 1.34. The molecular weight excluding hydrogens is 512 g/mol. The highest BCUT2D eigenvalue weighted by Crippen LogP contribution is 2.36. The summed E-state index contributed by atoms with van der Waals surface area (Å²) in [7, 11) is 0. The monoisotopic (exact) mass is 544 g/mol. The summed E-state index contributed by atoms with van der Waals surface area (Å²) in [6.07, 6.45) is 4.40. The zero-order chi connectivity index (χ0) is 27.1. The van der Waals surface area contributed by atoms with Crippen LogP contribution in [0.3, 0.4) is 0 Å². The first-order chi connectivity index (χ1) is 18.8. The second-order valence-electron chi connectivity index (χ2n) is 11.0. The molecule has 202 valence electrons. The third-order valence-electron chi connectivity index (χ3n) is 7.50. The standard InChI is InChI=1S/C29H32N6O3S/c1-18-17-39-26(31-18)22-9-6-12-34(22)27(37)21-13-23(35(24(36)14-21)16-20-10-11-20)25-32-33-28(38-25)29(2,30)15-19-7-4-3-5-8-19/h3-5,7-8,13-14,17,20,22H,6,9-12,15-16,30H2,1-2H3. The molecule has 4 aromatic rings. The molecule has 1 aliphatic carbocycles. The number of aromatic nitrogens is 4. The molecule has 1 aromatic carbocycles. The molecule has 1 amide bonds. The minimum absolute atomic E-state index is 0.0838. The molecule has 1 saturated carbocycles. The van der Waals surface area contributed by atoms with Crippen LogP contribution in [0, 0.1) is 12.8 Å². The molecule has 3 aromatic heterocycles. The molecule has 1 aliphatic heterocycles. The van der Waals surface area contributed by atoms with Crippen molar-refractivity contribution in [1.82, 2.24) is 24.6 Å². The highest BCUT2D eigenvalue weighted by atomic mass is 32.1. The number of amides is 1. The van der Waals surface area contributed by atoms with Gasteiger partial charge in [0.2, 0.25) is 5.89 Å². The van der Waals surface area contributed by atoms with Gasteiger partial charge in [-0.1, -0.05) is 30.3 Å². The summed E-state index contributed by atoms with van der Waals surface area (Å²) < 4.78 is 7.77. The number of pyridine rings is 1. The Hall–Kier alpha value is -3.63. The fourth-order valence-electron chi connectivity index (χ4n) is 5.25. The Labute approximate surface area is 230 Å². The molecule has 2 atom stereocenters. The maximum atomic E-state index is 13.8. The molecular formula is C29H32N6O3S. The van der Waals surface area contributed by atoms with Crippen LogP contribution in [0.4, 0.5) is 0 Å². The van der Waals surface area contributed by atoms with Crippen molar-refractivity contribution in [3.8, 4) is 11.6 Å². The number of carbonyl (C=O) groups excluding carboxylic acids is 1. The molecule has 2 fully saturated rings. The summed E-state index contributed by atoms with van der Waals surface area (Å²) in [5, 5.41) is 11.5. The van der Waals surface area contributed by atoms with Crippen LogP contribution in [0.15, 0.2) is 57.1 Å². The topological polar surface area (TPSA) is 120 Å². The number of nitrogens with zero attached hydrogens (tertiary/aromatic N) is 5. The van der Waals surface area contributed by atoms with Gasteiger partial charge in [-0.3, -0.25) is 9.59 Å². The number of benzene rings is 1. The largest absolute Gasteiger partial charge is 0.417 e. The van der Waals surface area contributed by atoms with Gasteiger partial charge in [0.05, 0.1) is 11.6 Å². The summed E-state index contributed by atoms with van der Waals surface area (Å²) >= 11 is 1.57. The number of hydrogen-bond acceptors (Lipinski definition) is 8. The fraction of sp³-hybridized carbons (Fsp3) is 0.414. The third kappa shape index (κ3) is 5.31. The molecule has 9 nitrogen and oxygen atoms in total. The molecule has 0 radical (unpaired) electrons. The Morgan fingerprint density at radius 1 is 1.18 bits per heavy atom. The first-order valence-corrected chi connectivity index (χ1v) is 14.3. The van der Waals surface area contributed by atoms with Crippen molar-refractivity contribution in [3.63, 3.8) is 0 Å². The number of thiazole rings is 1. The predicted octanol–water partition coefficient (Wildman–Crippen LogP) is 4.47. The van der Waals surface area contributed by atoms with Crippen molar-refractivity contribution in [3.05, 3.63) is 85.9 Å². The van der Waals surface area contributed by atoms with Crippen molar-refractivity contribution in [2.24, 2.45) is 11.7 Å². The highest BCUT2D eigenvalue weighted by Gasteiger charge is 2.34. The van der Waals surface area contributed by atoms with E-state index in [2.05, 4.69) is 15.2 Å². The van der Waals surface area contributed by atoms with E-state index in [4.69, 9.17) is 10.2 Å². The lowest BCUT2D eigenvalue weighted by Gasteiger charge is -2.23. The van der Waals surface area contributed by atoms with Crippen LogP contribution in [-0.2, 0) is 18.5 Å². The summed E-state index contributed by atoms with van der Waals surface area (Å²) in [4.78, 5) is 33.6. The van der Waals surface area contributed by atoms with Gasteiger partial charge in [-0.25, -0.2) is 4.98 Å². The first-order valence-electron chi connectivity index (χ1n) is 13.4. The van der Waals surface area contributed by atoms with Crippen LogP contribution >= 0.6 is 11.3 Å². The SMILES string of the molecule is Cc1csc(C2CCCN2C(=O)c2cc(-c3nnc(C(C)(N)Cc4ccccc4)o3)n(CC3CC3)c(=O)c2)n1. The van der Waals surface area contributed by atoms with E-state index in [1.54, 1.807) is 22.0 Å². The van der Waals surface area contributed by atoms with Gasteiger partial charge >= 0.3 is 0 Å². The maximum absolute atomic E-state index is 13.8. The molecule has 0 spiro atoms. The van der Waals surface area contributed by atoms with Crippen LogP contribution in [0.25, 0.3) is 11.6 Å². The molecule has 0 bridgehead atoms. The normalized spacial score (nSPS) is 18.8.